The highest BCUT2D eigenvalue weighted by Gasteiger charge is 2.44. The summed E-state index contributed by atoms with van der Waals surface area (Å²) in [5, 5.41) is 0. The molecule has 5 nitrogen and oxygen atoms in total. The lowest BCUT2D eigenvalue weighted by Gasteiger charge is -2.33. The summed E-state index contributed by atoms with van der Waals surface area (Å²) in [6.45, 7) is 9.79. The number of aryl methyl sites for hydroxylation is 3. The molecule has 31 heavy (non-hydrogen) atoms. The predicted molar refractivity (Wildman–Crippen MR) is 123 cm³/mol. The van der Waals surface area contributed by atoms with Gasteiger partial charge in [-0.25, -0.2) is 4.90 Å². The van der Waals surface area contributed by atoms with E-state index in [9.17, 15) is 9.59 Å². The first-order chi connectivity index (χ1) is 14.8. The highest BCUT2D eigenvalue weighted by molar-refractivity contribution is 6.45. The van der Waals surface area contributed by atoms with Crippen molar-refractivity contribution in [2.75, 3.05) is 25.1 Å². The molecule has 1 fully saturated rings. The molecule has 2 aromatic rings. The molecule has 0 aliphatic carbocycles. The van der Waals surface area contributed by atoms with E-state index in [1.165, 1.54) is 4.90 Å². The number of carbonyl (C=O) groups is 2. The molecule has 1 atom stereocenters. The summed E-state index contributed by atoms with van der Waals surface area (Å²) in [5.41, 5.74) is 5.52. The Kier molecular flexibility index (Phi) is 5.61. The average Bonchev–Trinajstić information content (AvgIpc) is 3.00. The van der Waals surface area contributed by atoms with Crippen LogP contribution in [-0.2, 0) is 9.59 Å². The summed E-state index contributed by atoms with van der Waals surface area (Å²) < 4.78 is 5.50. The van der Waals surface area contributed by atoms with E-state index in [4.69, 9.17) is 4.74 Å². The van der Waals surface area contributed by atoms with E-state index in [2.05, 4.69) is 11.8 Å². The van der Waals surface area contributed by atoms with Gasteiger partial charge in [-0.15, -0.1) is 0 Å². The number of hydrogen-bond donors (Lipinski definition) is 0. The molecule has 2 heterocycles. The standard InChI is InChI=1S/C26H30N2O3/c1-16-8-11-22(31-5)21(13-16)28-25(29)23(20-10-9-18(3)19(4)14-20)24(26(28)30)27-12-6-7-17(2)15-27/h8-11,13-14,17H,6-7,12,15H2,1-5H3. The van der Waals surface area contributed by atoms with Gasteiger partial charge in [-0.05, 0) is 73.9 Å². The number of hydrogen-bond acceptors (Lipinski definition) is 4. The van der Waals surface area contributed by atoms with Gasteiger partial charge in [0.25, 0.3) is 11.8 Å². The maximum Gasteiger partial charge on any atom is 0.282 e. The number of benzene rings is 2. The third-order valence-electron chi connectivity index (χ3n) is 6.40. The molecule has 0 N–H and O–H groups in total. The molecular weight excluding hydrogens is 388 g/mol. The zero-order valence-corrected chi connectivity index (χ0v) is 19.0. The fourth-order valence-electron chi connectivity index (χ4n) is 4.55. The van der Waals surface area contributed by atoms with Gasteiger partial charge in [-0.2, -0.15) is 0 Å². The Bertz CT molecular complexity index is 1090. The molecule has 2 aliphatic heterocycles. The molecule has 0 spiro atoms. The van der Waals surface area contributed by atoms with Crippen LogP contribution in [0.25, 0.3) is 5.57 Å². The van der Waals surface area contributed by atoms with E-state index in [-0.39, 0.29) is 11.8 Å². The van der Waals surface area contributed by atoms with Gasteiger partial charge >= 0.3 is 0 Å². The van der Waals surface area contributed by atoms with Crippen LogP contribution in [0.2, 0.25) is 0 Å². The minimum atomic E-state index is -0.287. The summed E-state index contributed by atoms with van der Waals surface area (Å²) in [5.74, 6) is 0.439. The molecule has 0 radical (unpaired) electrons. The van der Waals surface area contributed by atoms with E-state index in [0.29, 0.717) is 28.6 Å². The van der Waals surface area contributed by atoms with Crippen molar-refractivity contribution in [2.24, 2.45) is 5.92 Å². The number of anilines is 1. The first-order valence-corrected chi connectivity index (χ1v) is 10.9. The first kappa shape index (κ1) is 21.2. The number of rotatable bonds is 4. The summed E-state index contributed by atoms with van der Waals surface area (Å²) in [6.07, 6.45) is 2.15. The maximum absolute atomic E-state index is 13.8. The minimum absolute atomic E-state index is 0.267. The fourth-order valence-corrected chi connectivity index (χ4v) is 4.55. The molecule has 4 rings (SSSR count). The van der Waals surface area contributed by atoms with Crippen LogP contribution in [0.15, 0.2) is 42.1 Å². The van der Waals surface area contributed by atoms with Crippen molar-refractivity contribution in [1.82, 2.24) is 4.90 Å². The molecular formula is C26H30N2O3. The summed E-state index contributed by atoms with van der Waals surface area (Å²) >= 11 is 0. The molecule has 0 saturated carbocycles. The highest BCUT2D eigenvalue weighted by Crippen LogP contribution is 2.40. The average molecular weight is 419 g/mol. The van der Waals surface area contributed by atoms with Crippen LogP contribution >= 0.6 is 0 Å². The predicted octanol–water partition coefficient (Wildman–Crippen LogP) is 4.64. The number of imide groups is 1. The van der Waals surface area contributed by atoms with Crippen molar-refractivity contribution in [1.29, 1.82) is 0 Å². The van der Waals surface area contributed by atoms with Gasteiger partial charge < -0.3 is 9.64 Å². The Balaban J connectivity index is 1.88. The molecule has 2 aliphatic rings. The number of piperidine rings is 1. The zero-order chi connectivity index (χ0) is 22.3. The highest BCUT2D eigenvalue weighted by atomic mass is 16.5. The van der Waals surface area contributed by atoms with Crippen molar-refractivity contribution < 1.29 is 14.3 Å². The van der Waals surface area contributed by atoms with Crippen LogP contribution in [0.1, 0.15) is 42.0 Å². The van der Waals surface area contributed by atoms with Crippen LogP contribution in [0.4, 0.5) is 5.69 Å². The fraction of sp³-hybridized carbons (Fsp3) is 0.385. The van der Waals surface area contributed by atoms with Crippen molar-refractivity contribution in [3.05, 3.63) is 64.3 Å². The monoisotopic (exact) mass is 418 g/mol. The Hall–Kier alpha value is -3.08. The number of likely N-dealkylation sites (tertiary alicyclic amines) is 1. The second kappa shape index (κ2) is 8.22. The van der Waals surface area contributed by atoms with Crippen molar-refractivity contribution >= 4 is 23.1 Å². The second-order valence-corrected chi connectivity index (χ2v) is 8.84. The van der Waals surface area contributed by atoms with Gasteiger partial charge in [0.15, 0.2) is 0 Å². The SMILES string of the molecule is COc1ccc(C)cc1N1C(=O)C(c2ccc(C)c(C)c2)=C(N2CCCC(C)C2)C1=O. The quantitative estimate of drug-likeness (QED) is 0.679. The van der Waals surface area contributed by atoms with Gasteiger partial charge in [-0.3, -0.25) is 9.59 Å². The molecule has 1 unspecified atom stereocenters. The molecule has 0 aromatic heterocycles. The minimum Gasteiger partial charge on any atom is -0.495 e. The second-order valence-electron chi connectivity index (χ2n) is 8.84. The zero-order valence-electron chi connectivity index (χ0n) is 19.0. The van der Waals surface area contributed by atoms with Crippen molar-refractivity contribution in [3.63, 3.8) is 0 Å². The Morgan fingerprint density at radius 3 is 2.42 bits per heavy atom. The third kappa shape index (κ3) is 3.73. The smallest absolute Gasteiger partial charge is 0.282 e. The number of ether oxygens (including phenoxy) is 1. The van der Waals surface area contributed by atoms with Crippen LogP contribution in [-0.4, -0.2) is 36.9 Å². The van der Waals surface area contributed by atoms with Crippen molar-refractivity contribution in [2.45, 2.75) is 40.5 Å². The van der Waals surface area contributed by atoms with E-state index in [1.807, 2.05) is 57.2 Å². The van der Waals surface area contributed by atoms with Gasteiger partial charge in [0, 0.05) is 13.1 Å². The molecule has 162 valence electrons. The topological polar surface area (TPSA) is 49.9 Å². The van der Waals surface area contributed by atoms with E-state index in [0.717, 1.165) is 48.2 Å². The lowest BCUT2D eigenvalue weighted by Crippen LogP contribution is -2.39. The summed E-state index contributed by atoms with van der Waals surface area (Å²) in [7, 11) is 1.56. The Labute approximate surface area is 184 Å². The van der Waals surface area contributed by atoms with Crippen LogP contribution in [0.5, 0.6) is 5.75 Å². The lowest BCUT2D eigenvalue weighted by molar-refractivity contribution is -0.120. The van der Waals surface area contributed by atoms with Gasteiger partial charge in [0.2, 0.25) is 0 Å². The normalized spacial score (nSPS) is 19.5. The van der Waals surface area contributed by atoms with E-state index < -0.39 is 0 Å². The van der Waals surface area contributed by atoms with Gasteiger partial charge in [0.1, 0.15) is 11.4 Å². The molecule has 5 heteroatoms. The Morgan fingerprint density at radius 2 is 1.74 bits per heavy atom. The van der Waals surface area contributed by atoms with Crippen LogP contribution < -0.4 is 9.64 Å². The van der Waals surface area contributed by atoms with Crippen LogP contribution in [0.3, 0.4) is 0 Å². The number of nitrogens with zero attached hydrogens (tertiary/aromatic N) is 2. The molecule has 2 amide bonds. The summed E-state index contributed by atoms with van der Waals surface area (Å²) in [4.78, 5) is 31.0. The molecule has 2 aromatic carbocycles. The summed E-state index contributed by atoms with van der Waals surface area (Å²) in [6, 6.07) is 11.5. The van der Waals surface area contributed by atoms with Crippen LogP contribution in [0, 0.1) is 26.7 Å². The van der Waals surface area contributed by atoms with Gasteiger partial charge in [-0.1, -0.05) is 31.2 Å². The van der Waals surface area contributed by atoms with Gasteiger partial charge in [0.05, 0.1) is 18.4 Å². The number of carbonyl (C=O) groups excluding carboxylic acids is 2. The molecule has 1 saturated heterocycles. The number of amides is 2. The van der Waals surface area contributed by atoms with E-state index >= 15 is 0 Å². The van der Waals surface area contributed by atoms with Crippen molar-refractivity contribution in [3.8, 4) is 5.75 Å². The van der Waals surface area contributed by atoms with E-state index in [1.54, 1.807) is 7.11 Å². The molecule has 0 bridgehead atoms. The maximum atomic E-state index is 13.8. The lowest BCUT2D eigenvalue weighted by atomic mass is 9.96. The Morgan fingerprint density at radius 1 is 0.968 bits per heavy atom. The third-order valence-corrected chi connectivity index (χ3v) is 6.40. The first-order valence-electron chi connectivity index (χ1n) is 10.9. The largest absolute Gasteiger partial charge is 0.495 e. The number of methoxy groups -OCH3 is 1.